The van der Waals surface area contributed by atoms with Crippen LogP contribution in [0, 0.1) is 5.41 Å². The van der Waals surface area contributed by atoms with Crippen molar-refractivity contribution in [2.45, 2.75) is 27.2 Å². The van der Waals surface area contributed by atoms with Crippen LogP contribution in [0.3, 0.4) is 0 Å². The van der Waals surface area contributed by atoms with E-state index in [1.165, 1.54) is 0 Å². The number of hydrogen-bond acceptors (Lipinski definition) is 2. The van der Waals surface area contributed by atoms with Gasteiger partial charge in [-0.15, -0.1) is 0 Å². The summed E-state index contributed by atoms with van der Waals surface area (Å²) in [4.78, 5) is 4.75. The van der Waals surface area contributed by atoms with Gasteiger partial charge in [0, 0.05) is 11.8 Å². The molecule has 0 fully saturated rings. The van der Waals surface area contributed by atoms with Crippen molar-refractivity contribution >= 4 is 5.71 Å². The van der Waals surface area contributed by atoms with Crippen molar-refractivity contribution in [2.75, 3.05) is 6.58 Å². The minimum Gasteiger partial charge on any atom is -0.395 e. The Morgan fingerprint density at radius 1 is 1.67 bits per heavy atom. The lowest BCUT2D eigenvalue weighted by Crippen LogP contribution is -2.17. The van der Waals surface area contributed by atoms with Crippen molar-refractivity contribution in [2.24, 2.45) is 10.6 Å². The van der Waals surface area contributed by atoms with Crippen molar-refractivity contribution in [3.8, 4) is 0 Å². The summed E-state index contributed by atoms with van der Waals surface area (Å²) in [5.41, 5.74) is 1.06. The van der Waals surface area contributed by atoms with E-state index in [4.69, 9.17) is 6.21 Å². The van der Waals surface area contributed by atoms with E-state index in [1.54, 1.807) is 0 Å². The van der Waals surface area contributed by atoms with Crippen molar-refractivity contribution in [3.63, 3.8) is 0 Å². The van der Waals surface area contributed by atoms with E-state index >= 15 is 0 Å². The summed E-state index contributed by atoms with van der Waals surface area (Å²) in [6.07, 6.45) is 0.656. The van der Waals surface area contributed by atoms with Crippen molar-refractivity contribution in [1.82, 2.24) is 0 Å². The van der Waals surface area contributed by atoms with Crippen LogP contribution in [0.1, 0.15) is 28.6 Å². The molecule has 0 saturated carbocycles. The average Bonchev–Trinajstić information content (AvgIpc) is 2.11. The first-order valence-electron chi connectivity index (χ1n) is 3.73. The fraction of sp³-hybridized carbons (Fsp3) is 0.857. The molecule has 0 amide bonds. The summed E-state index contributed by atoms with van der Waals surface area (Å²) in [5, 5.41) is 3.82. The summed E-state index contributed by atoms with van der Waals surface area (Å²) in [6.45, 7) is 5.77. The van der Waals surface area contributed by atoms with Gasteiger partial charge in [0.05, 0.1) is 7.08 Å². The van der Waals surface area contributed by atoms with Crippen LogP contribution < -0.4 is 0 Å². The molecule has 52 valence electrons. The molecule has 0 unspecified atom stereocenters. The van der Waals surface area contributed by atoms with E-state index in [1.807, 2.05) is 0 Å². The van der Waals surface area contributed by atoms with Crippen LogP contribution >= 0.6 is 0 Å². The maximum atomic E-state index is 7.21. The molecular weight excluding hydrogens is 114 g/mol. The zero-order chi connectivity index (χ0) is 7.78. The molecule has 1 atom stereocenters. The fourth-order valence-corrected chi connectivity index (χ4v) is 0.697. The molecule has 0 N–H and O–H groups in total. The molecule has 0 saturated heterocycles. The van der Waals surface area contributed by atoms with Crippen LogP contribution in [0.5, 0.6) is 0 Å². The van der Waals surface area contributed by atoms with Crippen LogP contribution in [0.15, 0.2) is 5.16 Å². The van der Waals surface area contributed by atoms with Gasteiger partial charge in [0.15, 0.2) is 0 Å². The first-order chi connectivity index (χ1) is 4.50. The van der Waals surface area contributed by atoms with Gasteiger partial charge in [-0.2, -0.15) is 0 Å². The molecule has 1 aliphatic rings. The highest BCUT2D eigenvalue weighted by Gasteiger charge is 2.22. The van der Waals surface area contributed by atoms with Crippen molar-refractivity contribution < 1.29 is 6.21 Å². The van der Waals surface area contributed by atoms with E-state index in [2.05, 4.69) is 25.9 Å². The molecular formula is C7H13NO. The molecule has 0 aromatic rings. The van der Waals surface area contributed by atoms with E-state index in [9.17, 15) is 0 Å². The van der Waals surface area contributed by atoms with Crippen LogP contribution in [0.4, 0.5) is 0 Å². The predicted octanol–water partition coefficient (Wildman–Crippen LogP) is 1.81. The third kappa shape index (κ3) is 1.44. The Morgan fingerprint density at radius 3 is 2.56 bits per heavy atom. The quantitative estimate of drug-likeness (QED) is 0.487. The molecule has 0 aliphatic carbocycles. The van der Waals surface area contributed by atoms with Crippen LogP contribution in [-0.2, 0) is 4.84 Å². The predicted molar refractivity (Wildman–Crippen MR) is 37.5 cm³/mol. The Bertz CT molecular complexity index is 159. The number of rotatable bonds is 0. The second-order valence-electron chi connectivity index (χ2n) is 3.26. The topological polar surface area (TPSA) is 21.6 Å². The smallest absolute Gasteiger partial charge is 0.122 e. The third-order valence-electron chi connectivity index (χ3n) is 1.38. The molecule has 2 heteroatoms. The standard InChI is InChI=1S/C7H13NO/c1-7(2,3)6-4-5-9-8-6/h4-5H2,1-3H3/i5D/t5-/m0/s1. The zero-order valence-corrected chi connectivity index (χ0v) is 6.14. The van der Waals surface area contributed by atoms with Gasteiger partial charge in [0.1, 0.15) is 6.58 Å². The lowest BCUT2D eigenvalue weighted by atomic mass is 9.89. The summed E-state index contributed by atoms with van der Waals surface area (Å²) in [5.74, 6) is 0. The van der Waals surface area contributed by atoms with Gasteiger partial charge in [0.25, 0.3) is 0 Å². The zero-order valence-electron chi connectivity index (χ0n) is 7.14. The van der Waals surface area contributed by atoms with Crippen molar-refractivity contribution in [1.29, 1.82) is 0 Å². The molecule has 9 heavy (non-hydrogen) atoms. The number of oxime groups is 1. The SMILES string of the molecule is [2H][C@H]1CC(C(C)(C)C)=NO1. The Labute approximate surface area is 57.3 Å². The number of hydrogen-bond donors (Lipinski definition) is 0. The second-order valence-corrected chi connectivity index (χ2v) is 3.26. The Balaban J connectivity index is 2.60. The monoisotopic (exact) mass is 128 g/mol. The summed E-state index contributed by atoms with van der Waals surface area (Å²) in [7, 11) is 0. The van der Waals surface area contributed by atoms with Crippen molar-refractivity contribution in [3.05, 3.63) is 0 Å². The molecule has 0 bridgehead atoms. The van der Waals surface area contributed by atoms with E-state index < -0.39 is 6.58 Å². The highest BCUT2D eigenvalue weighted by Crippen LogP contribution is 2.21. The Hall–Kier alpha value is -0.530. The lowest BCUT2D eigenvalue weighted by molar-refractivity contribution is 0.173. The van der Waals surface area contributed by atoms with Gasteiger partial charge in [0.2, 0.25) is 0 Å². The Kier molecular flexibility index (Phi) is 1.18. The summed E-state index contributed by atoms with van der Waals surface area (Å²) in [6, 6.07) is 0. The molecule has 0 spiro atoms. The van der Waals surface area contributed by atoms with Gasteiger partial charge in [-0.1, -0.05) is 25.9 Å². The normalized spacial score (nSPS) is 29.0. The van der Waals surface area contributed by atoms with Gasteiger partial charge in [-0.05, 0) is 0 Å². The Morgan fingerprint density at radius 2 is 2.33 bits per heavy atom. The van der Waals surface area contributed by atoms with Gasteiger partial charge in [-0.3, -0.25) is 0 Å². The highest BCUT2D eigenvalue weighted by atomic mass is 16.6. The maximum Gasteiger partial charge on any atom is 0.122 e. The minimum atomic E-state index is -0.464. The molecule has 1 rings (SSSR count). The molecule has 0 aromatic heterocycles. The van der Waals surface area contributed by atoms with Crippen LogP contribution in [-0.4, -0.2) is 12.3 Å². The molecule has 0 radical (unpaired) electrons. The first kappa shape index (κ1) is 5.27. The van der Waals surface area contributed by atoms with E-state index in [0.29, 0.717) is 6.42 Å². The summed E-state index contributed by atoms with van der Waals surface area (Å²) >= 11 is 0. The van der Waals surface area contributed by atoms with Gasteiger partial charge in [-0.25, -0.2) is 0 Å². The highest BCUT2D eigenvalue weighted by molar-refractivity contribution is 5.89. The molecule has 1 aliphatic heterocycles. The first-order valence-corrected chi connectivity index (χ1v) is 3.15. The fourth-order valence-electron chi connectivity index (χ4n) is 0.697. The molecule has 2 nitrogen and oxygen atoms in total. The lowest BCUT2D eigenvalue weighted by Gasteiger charge is -2.15. The molecule has 0 aromatic carbocycles. The third-order valence-corrected chi connectivity index (χ3v) is 1.38. The van der Waals surface area contributed by atoms with E-state index in [-0.39, 0.29) is 5.41 Å². The number of nitrogens with zero attached hydrogens (tertiary/aromatic N) is 1. The second kappa shape index (κ2) is 2.01. The van der Waals surface area contributed by atoms with Gasteiger partial charge < -0.3 is 4.84 Å². The average molecular weight is 128 g/mol. The van der Waals surface area contributed by atoms with Crippen LogP contribution in [0.25, 0.3) is 0 Å². The molecule has 1 heterocycles. The largest absolute Gasteiger partial charge is 0.395 e. The van der Waals surface area contributed by atoms with Gasteiger partial charge >= 0.3 is 0 Å². The maximum absolute atomic E-state index is 7.21. The summed E-state index contributed by atoms with van der Waals surface area (Å²) < 4.78 is 7.21. The van der Waals surface area contributed by atoms with Crippen LogP contribution in [0.2, 0.25) is 0 Å². The van der Waals surface area contributed by atoms with E-state index in [0.717, 1.165) is 5.71 Å². The minimum absolute atomic E-state index is 0.0653.